The van der Waals surface area contributed by atoms with E-state index in [2.05, 4.69) is 121 Å². The minimum absolute atomic E-state index is 0. The minimum atomic E-state index is -1.49. The van der Waals surface area contributed by atoms with Crippen LogP contribution in [0, 0.1) is 17.5 Å². The second-order valence-electron chi connectivity index (χ2n) is 14.7. The molecule has 0 fully saturated rings. The molecule has 51 heavy (non-hydrogen) atoms. The molecule has 3 aromatic heterocycles. The van der Waals surface area contributed by atoms with Crippen LogP contribution in [0.4, 0.5) is 0 Å². The standard InChI is InChI=1S/C32H26NS.C14H16NSi.Ir/c1-32(2,3)20-21-16-17-33-28(18-21)25-14-9-15-26-29-27(22-10-5-4-6-11-22)19-23-12-7-8-13-24(23)31(29)34-30(25)26;1-16(2,3)13-9-10-14(15-11-13)12-7-5-4-6-8-12;/h4-13,15-19H,20H2,1-3H3;4-7,9-11H,1-3H3;/q2*-1;/i20D2;;. The van der Waals surface area contributed by atoms with Crippen LogP contribution >= 0.6 is 11.3 Å². The smallest absolute Gasteiger partial charge is 0.0795 e. The summed E-state index contributed by atoms with van der Waals surface area (Å²) in [6.07, 6.45) is 2.25. The molecule has 0 spiro atoms. The van der Waals surface area contributed by atoms with Gasteiger partial charge < -0.3 is 9.97 Å². The average Bonchev–Trinajstić information content (AvgIpc) is 3.55. The van der Waals surface area contributed by atoms with E-state index in [4.69, 9.17) is 2.74 Å². The van der Waals surface area contributed by atoms with Crippen LogP contribution < -0.4 is 5.19 Å². The third-order valence-electron chi connectivity index (χ3n) is 8.66. The summed E-state index contributed by atoms with van der Waals surface area (Å²) in [7, 11) is -1.23. The van der Waals surface area contributed by atoms with Crippen molar-refractivity contribution < 1.29 is 22.8 Å². The summed E-state index contributed by atoms with van der Waals surface area (Å²) in [5.41, 5.74) is 6.25. The topological polar surface area (TPSA) is 25.8 Å². The molecule has 0 atom stereocenters. The van der Waals surface area contributed by atoms with Crippen molar-refractivity contribution in [2.45, 2.75) is 46.8 Å². The van der Waals surface area contributed by atoms with E-state index < -0.39 is 19.9 Å². The van der Waals surface area contributed by atoms with Crippen LogP contribution in [0.25, 0.3) is 64.6 Å². The van der Waals surface area contributed by atoms with Crippen molar-refractivity contribution >= 4 is 55.5 Å². The van der Waals surface area contributed by atoms with Crippen molar-refractivity contribution in [3.63, 3.8) is 0 Å². The second kappa shape index (κ2) is 15.2. The summed E-state index contributed by atoms with van der Waals surface area (Å²) >= 11 is 1.78. The third-order valence-corrected chi connectivity index (χ3v) is 11.9. The van der Waals surface area contributed by atoms with Crippen LogP contribution in [0.1, 0.15) is 29.1 Å². The van der Waals surface area contributed by atoms with E-state index in [0.29, 0.717) is 5.56 Å². The van der Waals surface area contributed by atoms with Crippen molar-refractivity contribution in [1.82, 2.24) is 9.97 Å². The number of hydrogen-bond acceptors (Lipinski definition) is 3. The Kier molecular flexibility index (Phi) is 10.1. The average molecular weight is 877 g/mol. The van der Waals surface area contributed by atoms with Crippen LogP contribution in [0.2, 0.25) is 19.6 Å². The van der Waals surface area contributed by atoms with Gasteiger partial charge in [-0.2, -0.15) is 11.3 Å². The Bertz CT molecular complexity index is 2500. The maximum atomic E-state index is 8.77. The van der Waals surface area contributed by atoms with Gasteiger partial charge in [0.1, 0.15) is 0 Å². The van der Waals surface area contributed by atoms with E-state index in [-0.39, 0.29) is 20.1 Å². The van der Waals surface area contributed by atoms with Gasteiger partial charge >= 0.3 is 0 Å². The summed E-state index contributed by atoms with van der Waals surface area (Å²) in [5.74, 6) is 0. The maximum absolute atomic E-state index is 8.77. The van der Waals surface area contributed by atoms with Crippen LogP contribution in [0.15, 0.2) is 134 Å². The van der Waals surface area contributed by atoms with Crippen molar-refractivity contribution in [2.24, 2.45) is 5.41 Å². The molecule has 0 amide bonds. The fraction of sp³-hybridized carbons (Fsp3) is 0.174. The zero-order valence-electron chi connectivity index (χ0n) is 31.8. The number of pyridine rings is 2. The number of rotatable bonds is 5. The molecule has 1 radical (unpaired) electrons. The molecule has 8 aromatic rings. The van der Waals surface area contributed by atoms with Crippen LogP contribution in [-0.4, -0.2) is 18.0 Å². The molecule has 5 aromatic carbocycles. The van der Waals surface area contributed by atoms with Crippen molar-refractivity contribution in [1.29, 1.82) is 0 Å². The second-order valence-corrected chi connectivity index (χ2v) is 20.8. The molecule has 3 heterocycles. The molecule has 0 unspecified atom stereocenters. The van der Waals surface area contributed by atoms with Gasteiger partial charge in [0.05, 0.1) is 8.07 Å². The van der Waals surface area contributed by atoms with E-state index >= 15 is 0 Å². The summed E-state index contributed by atoms with van der Waals surface area (Å²) < 4.78 is 19.9. The molecule has 8 rings (SSSR count). The number of thiophene rings is 1. The van der Waals surface area contributed by atoms with Crippen molar-refractivity contribution in [2.75, 3.05) is 0 Å². The molecule has 257 valence electrons. The summed E-state index contributed by atoms with van der Waals surface area (Å²) in [5, 5.41) is 6.28. The molecule has 0 aliphatic carbocycles. The normalized spacial score (nSPS) is 12.5. The third kappa shape index (κ3) is 8.13. The Labute approximate surface area is 323 Å². The van der Waals surface area contributed by atoms with Crippen LogP contribution in [0.5, 0.6) is 0 Å². The predicted molar refractivity (Wildman–Crippen MR) is 219 cm³/mol. The Morgan fingerprint density at radius 2 is 1.49 bits per heavy atom. The Morgan fingerprint density at radius 1 is 0.725 bits per heavy atom. The quantitative estimate of drug-likeness (QED) is 0.127. The van der Waals surface area contributed by atoms with Gasteiger partial charge in [0, 0.05) is 39.9 Å². The van der Waals surface area contributed by atoms with Gasteiger partial charge in [-0.3, -0.25) is 0 Å². The maximum Gasteiger partial charge on any atom is 0.0795 e. The molecule has 0 N–H and O–H groups in total. The van der Waals surface area contributed by atoms with Gasteiger partial charge in [-0.15, -0.1) is 59.7 Å². The number of benzene rings is 5. The molecule has 5 heteroatoms. The SMILES string of the molecule is C[Si](C)(C)c1ccc(-c2[c-]cccc2)nc1.[2H]C([2H])(c1ccnc(-c2[c-]ccc3c2sc2c4ccccc4cc(-c4ccccc4)c32)c1)C(C)(C)C.[Ir]. The first-order valence-corrected chi connectivity index (χ1v) is 21.4. The van der Waals surface area contributed by atoms with E-state index in [9.17, 15) is 0 Å². The number of nitrogens with zero attached hydrogens (tertiary/aromatic N) is 2. The molecular weight excluding hydrogens is 833 g/mol. The van der Waals surface area contributed by atoms with Crippen molar-refractivity contribution in [3.05, 3.63) is 151 Å². The first-order valence-electron chi connectivity index (χ1n) is 18.1. The Hall–Kier alpha value is -4.25. The van der Waals surface area contributed by atoms with E-state index in [1.807, 2.05) is 63.4 Å². The molecule has 0 aliphatic rings. The summed E-state index contributed by atoms with van der Waals surface area (Å²) in [6.45, 7) is 12.8. The Morgan fingerprint density at radius 3 is 2.20 bits per heavy atom. The van der Waals surface area contributed by atoms with Gasteiger partial charge in [0.25, 0.3) is 0 Å². The largest absolute Gasteiger partial charge is 0.305 e. The molecule has 0 bridgehead atoms. The van der Waals surface area contributed by atoms with Crippen molar-refractivity contribution in [3.8, 4) is 33.6 Å². The Balaban J connectivity index is 0.000000238. The predicted octanol–water partition coefficient (Wildman–Crippen LogP) is 12.4. The summed E-state index contributed by atoms with van der Waals surface area (Å²) in [6, 6.07) is 48.1. The first kappa shape index (κ1) is 33.9. The minimum Gasteiger partial charge on any atom is -0.305 e. The first-order chi connectivity index (χ1) is 24.8. The van der Waals surface area contributed by atoms with E-state index in [1.165, 1.54) is 42.6 Å². The molecule has 2 nitrogen and oxygen atoms in total. The van der Waals surface area contributed by atoms with Crippen LogP contribution in [0.3, 0.4) is 0 Å². The zero-order chi connectivity index (χ0) is 36.7. The molecule has 0 aliphatic heterocycles. The molecular formula is C46H42IrN2SSi-2. The monoisotopic (exact) mass is 877 g/mol. The van der Waals surface area contributed by atoms with Gasteiger partial charge in [-0.25, -0.2) is 0 Å². The number of aromatic nitrogens is 2. The number of fused-ring (bicyclic) bond motifs is 5. The molecule has 0 saturated heterocycles. The fourth-order valence-electron chi connectivity index (χ4n) is 6.24. The fourth-order valence-corrected chi connectivity index (χ4v) is 8.64. The van der Waals surface area contributed by atoms with Gasteiger partial charge in [0.15, 0.2) is 0 Å². The summed E-state index contributed by atoms with van der Waals surface area (Å²) in [4.78, 5) is 9.20. The zero-order valence-corrected chi connectivity index (χ0v) is 34.0. The van der Waals surface area contributed by atoms with E-state index in [0.717, 1.165) is 27.2 Å². The number of hydrogen-bond donors (Lipinski definition) is 0. The molecule has 0 saturated carbocycles. The van der Waals surface area contributed by atoms with Gasteiger partial charge in [-0.05, 0) is 72.5 Å². The van der Waals surface area contributed by atoms with Gasteiger partial charge in [0.2, 0.25) is 0 Å². The van der Waals surface area contributed by atoms with E-state index in [1.54, 1.807) is 23.6 Å². The van der Waals surface area contributed by atoms with Gasteiger partial charge in [-0.1, -0.05) is 124 Å². The van der Waals surface area contributed by atoms with Crippen LogP contribution in [-0.2, 0) is 26.5 Å².